The SMILES string of the molecule is CCCCN1C(=O)C(C)(O)c2c(Br)cccc21.CCCCN1C(=O)C(C)(O)c2cc(Cl)ccc21. The van der Waals surface area contributed by atoms with Gasteiger partial charge in [0.1, 0.15) is 0 Å². The fourth-order valence-electron chi connectivity index (χ4n) is 4.40. The van der Waals surface area contributed by atoms with Crippen molar-refractivity contribution in [3.05, 3.63) is 57.0 Å². The Kier molecular flexibility index (Phi) is 8.13. The number of benzene rings is 2. The molecule has 0 aromatic heterocycles. The number of halogens is 2. The summed E-state index contributed by atoms with van der Waals surface area (Å²) >= 11 is 9.32. The Labute approximate surface area is 214 Å². The quantitative estimate of drug-likeness (QED) is 0.497. The minimum absolute atomic E-state index is 0.229. The number of hydrogen-bond acceptors (Lipinski definition) is 4. The van der Waals surface area contributed by atoms with E-state index >= 15 is 0 Å². The molecule has 0 fully saturated rings. The third-order valence-corrected chi connectivity index (χ3v) is 7.23. The van der Waals surface area contributed by atoms with Crippen LogP contribution in [0.5, 0.6) is 0 Å². The first-order chi connectivity index (χ1) is 16.0. The molecule has 0 bridgehead atoms. The van der Waals surface area contributed by atoms with Gasteiger partial charge in [0.05, 0.1) is 11.4 Å². The highest BCUT2D eigenvalue weighted by molar-refractivity contribution is 9.10. The molecule has 2 amide bonds. The van der Waals surface area contributed by atoms with E-state index in [0.717, 1.165) is 41.5 Å². The standard InChI is InChI=1S/C13H16BrNO2.C13H16ClNO2/c1-3-4-8-15-10-7-5-6-9(14)11(10)13(2,17)12(15)16;1-3-4-7-15-11-6-5-9(14)8-10(11)13(2,17)12(15)16/h5-7,17H,3-4,8H2,1-2H3;5-6,8,17H,3-4,7H2,1-2H3. The lowest BCUT2D eigenvalue weighted by Crippen LogP contribution is -2.38. The van der Waals surface area contributed by atoms with Crippen molar-refractivity contribution in [2.45, 2.75) is 64.6 Å². The van der Waals surface area contributed by atoms with E-state index in [0.29, 0.717) is 29.2 Å². The predicted octanol–water partition coefficient (Wildman–Crippen LogP) is 5.50. The predicted molar refractivity (Wildman–Crippen MR) is 139 cm³/mol. The van der Waals surface area contributed by atoms with Crippen molar-refractivity contribution in [3.63, 3.8) is 0 Å². The van der Waals surface area contributed by atoms with Crippen LogP contribution in [0.15, 0.2) is 40.9 Å². The summed E-state index contributed by atoms with van der Waals surface area (Å²) in [6.07, 6.45) is 3.89. The first-order valence-electron chi connectivity index (χ1n) is 11.7. The summed E-state index contributed by atoms with van der Waals surface area (Å²) in [7, 11) is 0. The lowest BCUT2D eigenvalue weighted by molar-refractivity contribution is -0.134. The van der Waals surface area contributed by atoms with Gasteiger partial charge in [-0.3, -0.25) is 9.59 Å². The molecule has 2 heterocycles. The molecule has 8 heteroatoms. The monoisotopic (exact) mass is 550 g/mol. The molecule has 184 valence electrons. The van der Waals surface area contributed by atoms with Crippen LogP contribution in [0, 0.1) is 0 Å². The molecule has 0 spiro atoms. The Bertz CT molecular complexity index is 1090. The van der Waals surface area contributed by atoms with Crippen LogP contribution in [-0.4, -0.2) is 35.1 Å². The van der Waals surface area contributed by atoms with Gasteiger partial charge < -0.3 is 20.0 Å². The number of unbranched alkanes of at least 4 members (excludes halogenated alkanes) is 2. The topological polar surface area (TPSA) is 81.1 Å². The minimum atomic E-state index is -1.45. The summed E-state index contributed by atoms with van der Waals surface area (Å²) in [5, 5.41) is 21.1. The van der Waals surface area contributed by atoms with Gasteiger partial charge in [0.2, 0.25) is 0 Å². The summed E-state index contributed by atoms with van der Waals surface area (Å²) in [5.74, 6) is -0.490. The zero-order valence-corrected chi connectivity index (χ0v) is 22.4. The molecular formula is C26H32BrClN2O4. The van der Waals surface area contributed by atoms with Gasteiger partial charge in [0, 0.05) is 33.7 Å². The van der Waals surface area contributed by atoms with Gasteiger partial charge in [-0.05, 0) is 57.0 Å². The number of aliphatic hydroxyl groups is 2. The molecule has 2 aliphatic rings. The summed E-state index contributed by atoms with van der Waals surface area (Å²) in [6, 6.07) is 10.8. The van der Waals surface area contributed by atoms with E-state index in [9.17, 15) is 19.8 Å². The highest BCUT2D eigenvalue weighted by atomic mass is 79.9. The molecule has 0 radical (unpaired) electrons. The van der Waals surface area contributed by atoms with E-state index in [1.165, 1.54) is 6.92 Å². The zero-order valence-electron chi connectivity index (χ0n) is 20.1. The fourth-order valence-corrected chi connectivity index (χ4v) is 5.31. The summed E-state index contributed by atoms with van der Waals surface area (Å²) < 4.78 is 0.785. The van der Waals surface area contributed by atoms with E-state index in [2.05, 4.69) is 29.8 Å². The number of carbonyl (C=O) groups excluding carboxylic acids is 2. The average molecular weight is 552 g/mol. The molecule has 2 aliphatic heterocycles. The first-order valence-corrected chi connectivity index (χ1v) is 12.8. The molecule has 34 heavy (non-hydrogen) atoms. The molecule has 6 nitrogen and oxygen atoms in total. The molecule has 0 saturated heterocycles. The van der Waals surface area contributed by atoms with E-state index in [-0.39, 0.29) is 11.8 Å². The molecule has 0 saturated carbocycles. The summed E-state index contributed by atoms with van der Waals surface area (Å²) in [5.41, 5.74) is 0.0184. The maximum atomic E-state index is 12.2. The molecular weight excluding hydrogens is 520 g/mol. The summed E-state index contributed by atoms with van der Waals surface area (Å²) in [6.45, 7) is 8.54. The molecule has 0 aliphatic carbocycles. The van der Waals surface area contributed by atoms with Crippen LogP contribution in [-0.2, 0) is 20.8 Å². The van der Waals surface area contributed by atoms with Gasteiger partial charge in [0.15, 0.2) is 11.2 Å². The van der Waals surface area contributed by atoms with E-state index in [4.69, 9.17) is 11.6 Å². The second-order valence-electron chi connectivity index (χ2n) is 9.06. The van der Waals surface area contributed by atoms with Gasteiger partial charge in [-0.2, -0.15) is 0 Å². The Morgan fingerprint density at radius 2 is 1.44 bits per heavy atom. The Hall–Kier alpha value is -1.93. The smallest absolute Gasteiger partial charge is 0.263 e. The van der Waals surface area contributed by atoms with Crippen molar-refractivity contribution >= 4 is 50.7 Å². The maximum Gasteiger partial charge on any atom is 0.263 e. The highest BCUT2D eigenvalue weighted by Gasteiger charge is 2.47. The first kappa shape index (κ1) is 26.7. The number of carbonyl (C=O) groups is 2. The number of rotatable bonds is 6. The van der Waals surface area contributed by atoms with E-state index in [1.807, 2.05) is 18.2 Å². The average Bonchev–Trinajstić information content (AvgIpc) is 3.10. The van der Waals surface area contributed by atoms with Gasteiger partial charge in [-0.1, -0.05) is 60.3 Å². The van der Waals surface area contributed by atoms with Crippen molar-refractivity contribution in [1.82, 2.24) is 0 Å². The van der Waals surface area contributed by atoms with E-state index in [1.54, 1.807) is 34.9 Å². The Balaban J connectivity index is 0.000000191. The van der Waals surface area contributed by atoms with Crippen LogP contribution in [0.1, 0.15) is 64.5 Å². The lowest BCUT2D eigenvalue weighted by atomic mass is 9.98. The van der Waals surface area contributed by atoms with Crippen LogP contribution in [0.3, 0.4) is 0 Å². The molecule has 2 N–H and O–H groups in total. The third kappa shape index (κ3) is 4.76. The molecule has 2 unspecified atom stereocenters. The number of nitrogens with zero attached hydrogens (tertiary/aromatic N) is 2. The molecule has 2 atom stereocenters. The van der Waals surface area contributed by atoms with Crippen molar-refractivity contribution in [2.75, 3.05) is 22.9 Å². The fraction of sp³-hybridized carbons (Fsp3) is 0.462. The number of amides is 2. The lowest BCUT2D eigenvalue weighted by Gasteiger charge is -2.19. The molecule has 2 aromatic carbocycles. The van der Waals surface area contributed by atoms with Gasteiger partial charge >= 0.3 is 0 Å². The third-order valence-electron chi connectivity index (χ3n) is 6.34. The van der Waals surface area contributed by atoms with Crippen LogP contribution >= 0.6 is 27.5 Å². The minimum Gasteiger partial charge on any atom is -0.375 e. The number of hydrogen-bond donors (Lipinski definition) is 2. The number of fused-ring (bicyclic) bond motifs is 2. The normalized spacial score (nSPS) is 23.1. The Morgan fingerprint density at radius 1 is 0.882 bits per heavy atom. The van der Waals surface area contributed by atoms with Crippen LogP contribution < -0.4 is 9.80 Å². The second kappa shape index (κ2) is 10.4. The van der Waals surface area contributed by atoms with Crippen molar-refractivity contribution < 1.29 is 19.8 Å². The zero-order chi connectivity index (χ0) is 25.3. The van der Waals surface area contributed by atoms with Crippen molar-refractivity contribution in [3.8, 4) is 0 Å². The molecule has 4 rings (SSSR count). The van der Waals surface area contributed by atoms with Crippen molar-refractivity contribution in [1.29, 1.82) is 0 Å². The van der Waals surface area contributed by atoms with Crippen LogP contribution in [0.2, 0.25) is 5.02 Å². The van der Waals surface area contributed by atoms with Crippen LogP contribution in [0.4, 0.5) is 11.4 Å². The highest BCUT2D eigenvalue weighted by Crippen LogP contribution is 2.44. The van der Waals surface area contributed by atoms with Crippen LogP contribution in [0.25, 0.3) is 0 Å². The van der Waals surface area contributed by atoms with E-state index < -0.39 is 11.2 Å². The summed E-state index contributed by atoms with van der Waals surface area (Å²) in [4.78, 5) is 27.7. The maximum absolute atomic E-state index is 12.2. The van der Waals surface area contributed by atoms with Gasteiger partial charge in [0.25, 0.3) is 11.8 Å². The van der Waals surface area contributed by atoms with Gasteiger partial charge in [-0.15, -0.1) is 0 Å². The second-order valence-corrected chi connectivity index (χ2v) is 10.4. The molecule has 2 aromatic rings. The van der Waals surface area contributed by atoms with Crippen molar-refractivity contribution in [2.24, 2.45) is 0 Å². The number of anilines is 2. The van der Waals surface area contributed by atoms with Gasteiger partial charge in [-0.25, -0.2) is 0 Å². The largest absolute Gasteiger partial charge is 0.375 e. The Morgan fingerprint density at radius 3 is 2.03 bits per heavy atom.